The van der Waals surface area contributed by atoms with Crippen LogP contribution in [0.2, 0.25) is 0 Å². The number of amides is 5. The number of likely N-dealkylation sites (tertiary alicyclic amines) is 1. The summed E-state index contributed by atoms with van der Waals surface area (Å²) in [5.74, 6) is -0.925. The van der Waals surface area contributed by atoms with Gasteiger partial charge in [-0.3, -0.25) is 39.6 Å². The number of nitrogens with one attached hydrogen (secondary N) is 3. The first-order chi connectivity index (χ1) is 23.3. The van der Waals surface area contributed by atoms with Crippen molar-refractivity contribution in [3.8, 4) is 0 Å². The van der Waals surface area contributed by atoms with E-state index in [1.54, 1.807) is 12.1 Å². The van der Waals surface area contributed by atoms with E-state index in [9.17, 15) is 24.0 Å². The number of fused-ring (bicyclic) bond motifs is 1. The lowest BCUT2D eigenvalue weighted by molar-refractivity contribution is -0.136. The Labute approximate surface area is 282 Å². The zero-order chi connectivity index (χ0) is 33.6. The van der Waals surface area contributed by atoms with E-state index in [2.05, 4.69) is 45.0 Å². The molecule has 4 heterocycles. The zero-order valence-electron chi connectivity index (χ0n) is 28.0. The molecule has 256 valence electrons. The van der Waals surface area contributed by atoms with Gasteiger partial charge in [0, 0.05) is 38.2 Å². The third-order valence-corrected chi connectivity index (χ3v) is 10.5. The maximum Gasteiger partial charge on any atom is 0.265 e. The van der Waals surface area contributed by atoms with Crippen LogP contribution >= 0.6 is 0 Å². The molecule has 48 heavy (non-hydrogen) atoms. The maximum absolute atomic E-state index is 13.6. The summed E-state index contributed by atoms with van der Waals surface area (Å²) in [6, 6.07) is 12.5. The van der Waals surface area contributed by atoms with Gasteiger partial charge in [-0.15, -0.1) is 0 Å². The van der Waals surface area contributed by atoms with E-state index in [1.807, 2.05) is 18.2 Å². The Morgan fingerprint density at radius 3 is 2.31 bits per heavy atom. The van der Waals surface area contributed by atoms with E-state index in [0.29, 0.717) is 28.5 Å². The van der Waals surface area contributed by atoms with E-state index in [1.165, 1.54) is 24.8 Å². The monoisotopic (exact) mass is 656 g/mol. The molecule has 11 nitrogen and oxygen atoms in total. The van der Waals surface area contributed by atoms with Gasteiger partial charge >= 0.3 is 0 Å². The molecule has 4 aliphatic heterocycles. The fourth-order valence-corrected chi connectivity index (χ4v) is 7.69. The topological polar surface area (TPSA) is 131 Å². The lowest BCUT2D eigenvalue weighted by atomic mass is 9.88. The molecule has 4 aliphatic rings. The molecule has 0 saturated carbocycles. The van der Waals surface area contributed by atoms with Crippen molar-refractivity contribution in [3.63, 3.8) is 0 Å². The van der Waals surface area contributed by atoms with Crippen molar-refractivity contribution in [1.29, 1.82) is 0 Å². The Balaban J connectivity index is 0.957. The van der Waals surface area contributed by atoms with Crippen LogP contribution < -0.4 is 21.1 Å². The molecule has 0 spiro atoms. The van der Waals surface area contributed by atoms with Crippen molar-refractivity contribution in [2.75, 3.05) is 44.2 Å². The highest BCUT2D eigenvalue weighted by molar-refractivity contribution is 6.25. The summed E-state index contributed by atoms with van der Waals surface area (Å²) in [7, 11) is 0. The van der Waals surface area contributed by atoms with E-state index in [-0.39, 0.29) is 24.7 Å². The third kappa shape index (κ3) is 7.47. The number of rotatable bonds is 12. The highest BCUT2D eigenvalue weighted by Crippen LogP contribution is 2.36. The van der Waals surface area contributed by atoms with Crippen molar-refractivity contribution < 1.29 is 24.0 Å². The number of carbonyl (C=O) groups is 5. The summed E-state index contributed by atoms with van der Waals surface area (Å²) < 4.78 is 0. The predicted octanol–water partition coefficient (Wildman–Crippen LogP) is 4.00. The molecule has 3 N–H and O–H groups in total. The van der Waals surface area contributed by atoms with Crippen molar-refractivity contribution >= 4 is 35.2 Å². The van der Waals surface area contributed by atoms with Crippen LogP contribution in [-0.4, -0.2) is 84.6 Å². The molecule has 3 fully saturated rings. The highest BCUT2D eigenvalue weighted by Gasteiger charge is 2.46. The van der Waals surface area contributed by atoms with Gasteiger partial charge in [-0.05, 0) is 93.3 Å². The fourth-order valence-electron chi connectivity index (χ4n) is 7.69. The first-order valence-electron chi connectivity index (χ1n) is 17.8. The summed E-state index contributed by atoms with van der Waals surface area (Å²) in [4.78, 5) is 69.3. The third-order valence-electron chi connectivity index (χ3n) is 10.5. The Kier molecular flexibility index (Phi) is 10.9. The molecule has 2 aromatic carbocycles. The summed E-state index contributed by atoms with van der Waals surface area (Å²) in [5, 5.41) is 2.26. The number of nitrogens with zero attached hydrogens (tertiary/aromatic N) is 3. The second-order valence-corrected chi connectivity index (χ2v) is 13.7. The molecule has 0 aromatic heterocycles. The lowest BCUT2D eigenvalue weighted by Gasteiger charge is -2.39. The molecular weight excluding hydrogens is 608 g/mol. The molecule has 5 amide bonds. The van der Waals surface area contributed by atoms with Crippen LogP contribution in [-0.2, 0) is 9.59 Å². The van der Waals surface area contributed by atoms with Crippen LogP contribution in [0, 0.1) is 5.92 Å². The van der Waals surface area contributed by atoms with E-state index in [4.69, 9.17) is 0 Å². The largest absolute Gasteiger partial charge is 0.371 e. The zero-order valence-corrected chi connectivity index (χ0v) is 28.0. The number of hydrazine groups is 1. The van der Waals surface area contributed by atoms with E-state index < -0.39 is 23.8 Å². The average molecular weight is 657 g/mol. The standard InChI is InChI=1S/C37H48N6O5/c1-2-3-4-5-19-38-40-34(45)28-11-9-26(10-12-28)27-17-20-41(21-18-27)24-25-15-22-42(23-16-25)30-8-6-7-29-33(30)37(48)43(36(29)47)31-13-14-32(44)39-35(31)46/h6-12,25,27,31,38H,2-5,13-24H2,1H3,(H,40,45)(H,39,44,46)/t31-/m0/s1. The molecule has 0 unspecified atom stereocenters. The molecule has 0 aliphatic carbocycles. The average Bonchev–Trinajstić information content (AvgIpc) is 3.36. The predicted molar refractivity (Wildman–Crippen MR) is 183 cm³/mol. The van der Waals surface area contributed by atoms with Crippen LogP contribution in [0.3, 0.4) is 0 Å². The van der Waals surface area contributed by atoms with Crippen LogP contribution in [0.25, 0.3) is 0 Å². The lowest BCUT2D eigenvalue weighted by Crippen LogP contribution is -2.54. The quantitative estimate of drug-likeness (QED) is 0.178. The van der Waals surface area contributed by atoms with Gasteiger partial charge in [-0.2, -0.15) is 0 Å². The van der Waals surface area contributed by atoms with Gasteiger partial charge < -0.3 is 9.80 Å². The van der Waals surface area contributed by atoms with E-state index >= 15 is 0 Å². The second kappa shape index (κ2) is 15.4. The molecule has 0 radical (unpaired) electrons. The van der Waals surface area contributed by atoms with Gasteiger partial charge in [0.15, 0.2) is 0 Å². The fraction of sp³-hybridized carbons (Fsp3) is 0.541. The molecule has 6 rings (SSSR count). The van der Waals surface area contributed by atoms with Crippen LogP contribution in [0.4, 0.5) is 5.69 Å². The van der Waals surface area contributed by atoms with Crippen LogP contribution in [0.1, 0.15) is 114 Å². The SMILES string of the molecule is CCCCCCNNC(=O)c1ccc(C2CCN(CC3CCN(c4cccc5c4C(=O)N([C@H]4CCC(=O)NC4=O)C5=O)CC3)CC2)cc1. The van der Waals surface area contributed by atoms with Crippen molar-refractivity contribution in [2.45, 2.75) is 83.1 Å². The summed E-state index contributed by atoms with van der Waals surface area (Å²) in [5.41, 5.74) is 9.28. The Bertz CT molecular complexity index is 1510. The Morgan fingerprint density at radius 1 is 0.854 bits per heavy atom. The second-order valence-electron chi connectivity index (χ2n) is 13.7. The van der Waals surface area contributed by atoms with Crippen LogP contribution in [0.5, 0.6) is 0 Å². The van der Waals surface area contributed by atoms with Gasteiger partial charge in [0.2, 0.25) is 11.8 Å². The summed E-state index contributed by atoms with van der Waals surface area (Å²) in [6.07, 6.45) is 9.09. The normalized spacial score (nSPS) is 21.1. The summed E-state index contributed by atoms with van der Waals surface area (Å²) >= 11 is 0. The van der Waals surface area contributed by atoms with Crippen LogP contribution in [0.15, 0.2) is 42.5 Å². The van der Waals surface area contributed by atoms with Crippen molar-refractivity contribution in [2.24, 2.45) is 5.92 Å². The van der Waals surface area contributed by atoms with Gasteiger partial charge in [0.25, 0.3) is 17.7 Å². The van der Waals surface area contributed by atoms with Crippen molar-refractivity contribution in [3.05, 3.63) is 64.7 Å². The minimum Gasteiger partial charge on any atom is -0.371 e. The number of anilines is 1. The minimum atomic E-state index is -0.962. The maximum atomic E-state index is 13.6. The van der Waals surface area contributed by atoms with Gasteiger partial charge in [0.05, 0.1) is 16.8 Å². The number of unbranched alkanes of at least 4 members (excludes halogenated alkanes) is 3. The number of hydrogen-bond acceptors (Lipinski definition) is 8. The molecule has 0 bridgehead atoms. The molecule has 3 saturated heterocycles. The molecule has 2 aromatic rings. The first-order valence-corrected chi connectivity index (χ1v) is 17.8. The van der Waals surface area contributed by atoms with E-state index in [0.717, 1.165) is 82.0 Å². The van der Waals surface area contributed by atoms with Crippen molar-refractivity contribution in [1.82, 2.24) is 26.0 Å². The number of imide groups is 2. The number of piperidine rings is 3. The molecule has 1 atom stereocenters. The van der Waals surface area contributed by atoms with Gasteiger partial charge in [0.1, 0.15) is 6.04 Å². The van der Waals surface area contributed by atoms with Gasteiger partial charge in [-0.25, -0.2) is 5.43 Å². The molecule has 11 heteroatoms. The Hall–Kier alpha value is -4.09. The number of carbonyl (C=O) groups excluding carboxylic acids is 5. The number of hydrogen-bond donors (Lipinski definition) is 3. The first kappa shape index (κ1) is 33.8. The Morgan fingerprint density at radius 2 is 1.60 bits per heavy atom. The highest BCUT2D eigenvalue weighted by atomic mass is 16.2. The minimum absolute atomic E-state index is 0.0937. The smallest absolute Gasteiger partial charge is 0.265 e. The summed E-state index contributed by atoms with van der Waals surface area (Å²) in [6.45, 7) is 7.72. The molecular formula is C37H48N6O5. The van der Waals surface area contributed by atoms with Gasteiger partial charge in [-0.1, -0.05) is 44.4 Å². The number of benzene rings is 2.